The van der Waals surface area contributed by atoms with Gasteiger partial charge in [0.1, 0.15) is 11.4 Å². The van der Waals surface area contributed by atoms with Gasteiger partial charge in [0.25, 0.3) is 0 Å². The topological polar surface area (TPSA) is 105 Å². The third-order valence-corrected chi connectivity index (χ3v) is 10.7. The summed E-state index contributed by atoms with van der Waals surface area (Å²) >= 11 is 0. The van der Waals surface area contributed by atoms with Gasteiger partial charge in [-0.25, -0.2) is 8.42 Å². The van der Waals surface area contributed by atoms with E-state index in [1.165, 1.54) is 8.99 Å². The number of nitrogens with zero attached hydrogens (tertiary/aromatic N) is 4. The van der Waals surface area contributed by atoms with Crippen molar-refractivity contribution < 1.29 is 18.0 Å². The number of hydrogen-bond donors (Lipinski definition) is 1. The SMILES string of the molecule is Cc1nn(CC(=O)N2CCc3ccccc32)c(C)c1S(=O)(=O)N1CCC(C(=O)NC2CCC(C)CC2)CC1. The maximum absolute atomic E-state index is 13.6. The lowest BCUT2D eigenvalue weighted by Crippen LogP contribution is -2.46. The van der Waals surface area contributed by atoms with Crippen molar-refractivity contribution in [2.24, 2.45) is 11.8 Å². The summed E-state index contributed by atoms with van der Waals surface area (Å²) in [5.74, 6) is 0.516. The van der Waals surface area contributed by atoms with Crippen molar-refractivity contribution >= 4 is 27.5 Å². The second kappa shape index (κ2) is 10.8. The summed E-state index contributed by atoms with van der Waals surface area (Å²) in [5.41, 5.74) is 2.91. The minimum Gasteiger partial charge on any atom is -0.353 e. The van der Waals surface area contributed by atoms with Crippen molar-refractivity contribution in [3.8, 4) is 0 Å². The van der Waals surface area contributed by atoms with E-state index in [0.29, 0.717) is 43.9 Å². The lowest BCUT2D eigenvalue weighted by Gasteiger charge is -2.33. The Morgan fingerprint density at radius 1 is 1.00 bits per heavy atom. The highest BCUT2D eigenvalue weighted by atomic mass is 32.2. The molecule has 2 aromatic rings. The van der Waals surface area contributed by atoms with E-state index >= 15 is 0 Å². The Bertz CT molecular complexity index is 1300. The fourth-order valence-electron chi connectivity index (χ4n) is 6.23. The number of aromatic nitrogens is 2. The summed E-state index contributed by atoms with van der Waals surface area (Å²) in [5, 5.41) is 7.66. The maximum Gasteiger partial charge on any atom is 0.248 e. The van der Waals surface area contributed by atoms with E-state index in [1.54, 1.807) is 18.7 Å². The van der Waals surface area contributed by atoms with Crippen LogP contribution in [0.25, 0.3) is 0 Å². The molecule has 0 radical (unpaired) electrons. The van der Waals surface area contributed by atoms with Crippen LogP contribution in [-0.4, -0.2) is 60.0 Å². The van der Waals surface area contributed by atoms with Crippen LogP contribution in [0.4, 0.5) is 5.69 Å². The highest BCUT2D eigenvalue weighted by Gasteiger charge is 2.36. The first-order valence-electron chi connectivity index (χ1n) is 13.9. The third kappa shape index (κ3) is 5.25. The van der Waals surface area contributed by atoms with Crippen molar-refractivity contribution in [2.45, 2.75) is 83.2 Å². The molecule has 2 aliphatic heterocycles. The molecule has 9 nitrogen and oxygen atoms in total. The fourth-order valence-corrected chi connectivity index (χ4v) is 8.07. The Kier molecular flexibility index (Phi) is 7.64. The van der Waals surface area contributed by atoms with Crippen LogP contribution in [0.5, 0.6) is 0 Å². The van der Waals surface area contributed by atoms with Crippen LogP contribution in [0, 0.1) is 25.7 Å². The number of fused-ring (bicyclic) bond motifs is 1. The van der Waals surface area contributed by atoms with Gasteiger partial charge in [-0.1, -0.05) is 25.1 Å². The second-order valence-electron chi connectivity index (χ2n) is 11.2. The van der Waals surface area contributed by atoms with E-state index in [2.05, 4.69) is 17.3 Å². The Morgan fingerprint density at radius 2 is 1.68 bits per heavy atom. The molecule has 1 N–H and O–H groups in total. The quantitative estimate of drug-likeness (QED) is 0.605. The van der Waals surface area contributed by atoms with Crippen LogP contribution < -0.4 is 10.2 Å². The molecule has 5 rings (SSSR count). The number of amides is 2. The molecule has 1 aromatic heterocycles. The molecule has 1 aliphatic carbocycles. The zero-order valence-electron chi connectivity index (χ0n) is 22.6. The summed E-state index contributed by atoms with van der Waals surface area (Å²) in [4.78, 5) is 27.9. The number of nitrogens with one attached hydrogen (secondary N) is 1. The summed E-state index contributed by atoms with van der Waals surface area (Å²) in [7, 11) is -3.80. The van der Waals surface area contributed by atoms with E-state index < -0.39 is 10.0 Å². The average Bonchev–Trinajstić information content (AvgIpc) is 3.46. The highest BCUT2D eigenvalue weighted by Crippen LogP contribution is 2.30. The van der Waals surface area contributed by atoms with Gasteiger partial charge in [-0.3, -0.25) is 14.3 Å². The Hall–Kier alpha value is -2.72. The number of benzene rings is 1. The number of hydrogen-bond acceptors (Lipinski definition) is 5. The van der Waals surface area contributed by atoms with Crippen LogP contribution in [0.2, 0.25) is 0 Å². The Morgan fingerprint density at radius 3 is 2.39 bits per heavy atom. The molecule has 1 aromatic carbocycles. The first kappa shape index (κ1) is 26.9. The summed E-state index contributed by atoms with van der Waals surface area (Å²) in [6.45, 7) is 6.85. The number of anilines is 1. The molecule has 10 heteroatoms. The van der Waals surface area contributed by atoms with E-state index in [-0.39, 0.29) is 35.2 Å². The molecule has 2 fully saturated rings. The van der Waals surface area contributed by atoms with Gasteiger partial charge in [-0.2, -0.15) is 9.40 Å². The Labute approximate surface area is 225 Å². The first-order chi connectivity index (χ1) is 18.1. The van der Waals surface area contributed by atoms with Gasteiger partial charge >= 0.3 is 0 Å². The molecule has 38 heavy (non-hydrogen) atoms. The molecule has 2 amide bonds. The van der Waals surface area contributed by atoms with Gasteiger partial charge in [0.2, 0.25) is 21.8 Å². The minimum atomic E-state index is -3.80. The second-order valence-corrected chi connectivity index (χ2v) is 13.1. The number of carbonyl (C=O) groups is 2. The standard InChI is InChI=1S/C28H39N5O4S/c1-19-8-10-24(11-9-19)29-28(35)23-12-15-31(16-13-23)38(36,37)27-20(2)30-33(21(27)3)18-26(34)32-17-14-22-6-4-5-7-25(22)32/h4-7,19,23-24H,8-18H2,1-3H3,(H,29,35). The van der Waals surface area contributed by atoms with Gasteiger partial charge in [-0.15, -0.1) is 0 Å². The van der Waals surface area contributed by atoms with E-state index in [0.717, 1.165) is 49.3 Å². The van der Waals surface area contributed by atoms with Crippen molar-refractivity contribution in [2.75, 3.05) is 24.5 Å². The number of piperidine rings is 1. The van der Waals surface area contributed by atoms with Gasteiger partial charge in [-0.05, 0) is 76.3 Å². The number of carbonyl (C=O) groups excluding carboxylic acids is 2. The van der Waals surface area contributed by atoms with Crippen LogP contribution in [0.1, 0.15) is 62.4 Å². The average molecular weight is 542 g/mol. The summed E-state index contributed by atoms with van der Waals surface area (Å²) in [6.07, 6.45) is 6.16. The number of rotatable bonds is 6. The molecule has 0 bridgehead atoms. The lowest BCUT2D eigenvalue weighted by atomic mass is 9.87. The number of sulfonamides is 1. The molecule has 1 saturated heterocycles. The molecule has 0 atom stereocenters. The fraction of sp³-hybridized carbons (Fsp3) is 0.607. The summed E-state index contributed by atoms with van der Waals surface area (Å²) < 4.78 is 30.3. The monoisotopic (exact) mass is 541 g/mol. The predicted molar refractivity (Wildman–Crippen MR) is 145 cm³/mol. The van der Waals surface area contributed by atoms with Crippen LogP contribution in [0.3, 0.4) is 0 Å². The molecular weight excluding hydrogens is 502 g/mol. The van der Waals surface area contributed by atoms with Gasteiger partial charge in [0.05, 0.1) is 11.4 Å². The third-order valence-electron chi connectivity index (χ3n) is 8.57. The van der Waals surface area contributed by atoms with Gasteiger partial charge < -0.3 is 10.2 Å². The zero-order chi connectivity index (χ0) is 27.0. The van der Waals surface area contributed by atoms with E-state index in [4.69, 9.17) is 0 Å². The highest BCUT2D eigenvalue weighted by molar-refractivity contribution is 7.89. The molecule has 3 aliphatic rings. The van der Waals surface area contributed by atoms with Crippen molar-refractivity contribution in [1.29, 1.82) is 0 Å². The minimum absolute atomic E-state index is 0.0152. The normalized spacial score (nSPS) is 22.9. The molecule has 0 spiro atoms. The Balaban J connectivity index is 1.22. The lowest BCUT2D eigenvalue weighted by molar-refractivity contribution is -0.127. The molecule has 3 heterocycles. The van der Waals surface area contributed by atoms with Gasteiger partial charge in [0, 0.05) is 37.3 Å². The largest absolute Gasteiger partial charge is 0.353 e. The van der Waals surface area contributed by atoms with Gasteiger partial charge in [0.15, 0.2) is 0 Å². The number of aryl methyl sites for hydroxylation is 1. The number of para-hydroxylation sites is 1. The van der Waals surface area contributed by atoms with E-state index in [9.17, 15) is 18.0 Å². The molecular formula is C28H39N5O4S. The first-order valence-corrected chi connectivity index (χ1v) is 15.3. The molecule has 1 saturated carbocycles. The predicted octanol–water partition coefficient (Wildman–Crippen LogP) is 3.18. The summed E-state index contributed by atoms with van der Waals surface area (Å²) in [6, 6.07) is 8.10. The van der Waals surface area contributed by atoms with Crippen molar-refractivity contribution in [3.63, 3.8) is 0 Å². The van der Waals surface area contributed by atoms with E-state index in [1.807, 2.05) is 24.3 Å². The molecule has 206 valence electrons. The smallest absolute Gasteiger partial charge is 0.248 e. The molecule has 0 unspecified atom stereocenters. The van der Waals surface area contributed by atoms with Crippen LogP contribution in [-0.2, 0) is 32.6 Å². The van der Waals surface area contributed by atoms with Crippen LogP contribution in [0.15, 0.2) is 29.2 Å². The zero-order valence-corrected chi connectivity index (χ0v) is 23.5. The van der Waals surface area contributed by atoms with Crippen LogP contribution >= 0.6 is 0 Å². The van der Waals surface area contributed by atoms with Crippen molar-refractivity contribution in [1.82, 2.24) is 19.4 Å². The van der Waals surface area contributed by atoms with Crippen molar-refractivity contribution in [3.05, 3.63) is 41.2 Å². The maximum atomic E-state index is 13.6.